The minimum absolute atomic E-state index is 0.132. The summed E-state index contributed by atoms with van der Waals surface area (Å²) in [4.78, 5) is 0.317. The van der Waals surface area contributed by atoms with Gasteiger partial charge >= 0.3 is 0 Å². The molecular weight excluding hydrogens is 430 g/mol. The number of nitrogens with zero attached hydrogens (tertiary/aromatic N) is 1. The van der Waals surface area contributed by atoms with Crippen LogP contribution in [0.1, 0.15) is 0 Å². The molecule has 0 aliphatic rings. The Labute approximate surface area is 174 Å². The van der Waals surface area contributed by atoms with Gasteiger partial charge in [0, 0.05) is 22.2 Å². The Hall–Kier alpha value is -2.61. The molecule has 0 amide bonds. The van der Waals surface area contributed by atoms with Gasteiger partial charge in [-0.3, -0.25) is 0 Å². The number of benzene rings is 3. The zero-order valence-electron chi connectivity index (χ0n) is 15.2. The van der Waals surface area contributed by atoms with Gasteiger partial charge in [-0.15, -0.1) is 0 Å². The summed E-state index contributed by atoms with van der Waals surface area (Å²) >= 11 is 6.12. The maximum atomic E-state index is 13.2. The predicted octanol–water partition coefficient (Wildman–Crippen LogP) is 4.40. The molecule has 0 aliphatic heterocycles. The Balaban J connectivity index is 1.96. The highest BCUT2D eigenvalue weighted by atomic mass is 35.5. The lowest BCUT2D eigenvalue weighted by molar-refractivity contribution is 0.588. The molecule has 8 heteroatoms. The van der Waals surface area contributed by atoms with Gasteiger partial charge in [-0.1, -0.05) is 48.0 Å². The van der Waals surface area contributed by atoms with Crippen molar-refractivity contribution in [1.82, 2.24) is 3.97 Å². The van der Waals surface area contributed by atoms with Crippen LogP contribution in [0.4, 0.5) is 0 Å². The van der Waals surface area contributed by atoms with Crippen LogP contribution in [0.3, 0.4) is 0 Å². The van der Waals surface area contributed by atoms with Crippen LogP contribution in [0.2, 0.25) is 5.02 Å². The number of hydrogen-bond acceptors (Lipinski definition) is 4. The molecule has 0 unspecified atom stereocenters. The molecule has 1 aromatic heterocycles. The van der Waals surface area contributed by atoms with E-state index in [1.165, 1.54) is 24.3 Å². The summed E-state index contributed by atoms with van der Waals surface area (Å²) in [5.41, 5.74) is 1.58. The molecule has 0 atom stereocenters. The zero-order valence-corrected chi connectivity index (χ0v) is 17.6. The van der Waals surface area contributed by atoms with E-state index in [0.29, 0.717) is 27.1 Å². The van der Waals surface area contributed by atoms with Crippen LogP contribution in [0.15, 0.2) is 82.6 Å². The molecule has 1 radical (unpaired) electrons. The average Bonchev–Trinajstić information content (AvgIpc) is 3.07. The fourth-order valence-corrected chi connectivity index (χ4v) is 5.21. The normalized spacial score (nSPS) is 12.3. The maximum absolute atomic E-state index is 13.2. The molecule has 0 fully saturated rings. The number of fused-ring (bicyclic) bond motifs is 1. The smallest absolute Gasteiger partial charge is 0.231 e. The van der Waals surface area contributed by atoms with Gasteiger partial charge in [-0.2, -0.15) is 0 Å². The first kappa shape index (κ1) is 19.7. The van der Waals surface area contributed by atoms with Gasteiger partial charge in [0.25, 0.3) is 10.0 Å². The number of rotatable bonds is 4. The van der Waals surface area contributed by atoms with E-state index in [0.717, 1.165) is 10.2 Å². The summed E-state index contributed by atoms with van der Waals surface area (Å²) in [5, 5.41) is 1.04. The molecule has 5 nitrogen and oxygen atoms in total. The third-order valence-corrected chi connectivity index (χ3v) is 7.51. The first-order valence-electron chi connectivity index (χ1n) is 8.52. The van der Waals surface area contributed by atoms with Crippen molar-refractivity contribution < 1.29 is 16.8 Å². The molecule has 0 spiro atoms. The zero-order chi connectivity index (χ0) is 20.8. The Bertz CT molecular complexity index is 1420. The van der Waals surface area contributed by atoms with Gasteiger partial charge in [0.05, 0.1) is 21.5 Å². The van der Waals surface area contributed by atoms with Crippen molar-refractivity contribution in [2.45, 2.75) is 9.79 Å². The lowest BCUT2D eigenvalue weighted by Crippen LogP contribution is -2.11. The molecule has 4 rings (SSSR count). The summed E-state index contributed by atoms with van der Waals surface area (Å²) < 4.78 is 50.9. The number of halogens is 1. The van der Waals surface area contributed by atoms with E-state index >= 15 is 0 Å². The third-order valence-electron chi connectivity index (χ3n) is 4.51. The fourth-order valence-electron chi connectivity index (χ4n) is 3.08. The second kappa shape index (κ2) is 7.02. The quantitative estimate of drug-likeness (QED) is 0.467. The Morgan fingerprint density at radius 3 is 2.10 bits per heavy atom. The van der Waals surface area contributed by atoms with Crippen LogP contribution in [0.5, 0.6) is 0 Å². The molecule has 0 aliphatic carbocycles. The number of sulfone groups is 1. The van der Waals surface area contributed by atoms with Gasteiger partial charge in [0.2, 0.25) is 0 Å². The minimum Gasteiger partial charge on any atom is -0.231 e. The summed E-state index contributed by atoms with van der Waals surface area (Å²) in [6.45, 7) is 0. The topological polar surface area (TPSA) is 73.2 Å². The van der Waals surface area contributed by atoms with Crippen LogP contribution in [0, 0.1) is 6.20 Å². The van der Waals surface area contributed by atoms with Crippen molar-refractivity contribution in [3.05, 3.63) is 84.0 Å². The van der Waals surface area contributed by atoms with Crippen LogP contribution < -0.4 is 0 Å². The number of hydrogen-bond donors (Lipinski definition) is 0. The second-order valence-corrected chi connectivity index (χ2v) is 10.8. The van der Waals surface area contributed by atoms with Crippen molar-refractivity contribution >= 4 is 42.4 Å². The third kappa shape index (κ3) is 3.57. The van der Waals surface area contributed by atoms with Gasteiger partial charge in [-0.05, 0) is 42.0 Å². The molecule has 3 aromatic carbocycles. The van der Waals surface area contributed by atoms with Crippen molar-refractivity contribution in [2.24, 2.45) is 0 Å². The summed E-state index contributed by atoms with van der Waals surface area (Å²) in [7, 11) is -7.23. The maximum Gasteiger partial charge on any atom is 0.268 e. The molecular formula is C21H15ClNO4S2. The van der Waals surface area contributed by atoms with Gasteiger partial charge in [-0.25, -0.2) is 20.8 Å². The van der Waals surface area contributed by atoms with E-state index in [4.69, 9.17) is 11.6 Å². The van der Waals surface area contributed by atoms with Crippen LogP contribution in [0.25, 0.3) is 22.0 Å². The first-order valence-corrected chi connectivity index (χ1v) is 12.2. The Morgan fingerprint density at radius 2 is 1.48 bits per heavy atom. The lowest BCUT2D eigenvalue weighted by Gasteiger charge is -2.07. The van der Waals surface area contributed by atoms with Crippen LogP contribution >= 0.6 is 11.6 Å². The van der Waals surface area contributed by atoms with Gasteiger partial charge < -0.3 is 0 Å². The van der Waals surface area contributed by atoms with E-state index in [1.807, 2.05) is 0 Å². The highest BCUT2D eigenvalue weighted by molar-refractivity contribution is 7.90. The van der Waals surface area contributed by atoms with E-state index in [1.54, 1.807) is 48.5 Å². The average molecular weight is 445 g/mol. The fraction of sp³-hybridized carbons (Fsp3) is 0.0476. The summed E-state index contributed by atoms with van der Waals surface area (Å²) in [6, 6.07) is 19.3. The highest BCUT2D eigenvalue weighted by Gasteiger charge is 2.22. The summed E-state index contributed by atoms with van der Waals surface area (Å²) in [5.74, 6) is 0. The monoisotopic (exact) mass is 444 g/mol. The lowest BCUT2D eigenvalue weighted by atomic mass is 10.1. The molecule has 1 heterocycles. The minimum atomic E-state index is -3.89. The molecule has 0 N–H and O–H groups in total. The van der Waals surface area contributed by atoms with Gasteiger partial charge in [0.1, 0.15) is 0 Å². The largest absolute Gasteiger partial charge is 0.268 e. The van der Waals surface area contributed by atoms with E-state index in [2.05, 4.69) is 6.20 Å². The number of aromatic nitrogens is 1. The standard InChI is InChI=1S/C21H15ClNO4S2/c1-28(24,25)17-10-7-15(8-11-17)20-14-23(21-13-16(22)9-12-19(20)21)29(26,27)18-5-3-2-4-6-18/h2-13H,1H3. The van der Waals surface area contributed by atoms with Crippen LogP contribution in [-0.2, 0) is 19.9 Å². The Kier molecular flexibility index (Phi) is 4.77. The predicted molar refractivity (Wildman–Crippen MR) is 113 cm³/mol. The van der Waals surface area contributed by atoms with E-state index < -0.39 is 19.9 Å². The summed E-state index contributed by atoms with van der Waals surface area (Å²) in [6.07, 6.45) is 4.08. The Morgan fingerprint density at radius 1 is 0.828 bits per heavy atom. The molecule has 0 bridgehead atoms. The highest BCUT2D eigenvalue weighted by Crippen LogP contribution is 2.34. The molecule has 29 heavy (non-hydrogen) atoms. The van der Waals surface area contributed by atoms with E-state index in [-0.39, 0.29) is 9.79 Å². The molecule has 0 saturated heterocycles. The second-order valence-electron chi connectivity index (χ2n) is 6.53. The van der Waals surface area contributed by atoms with Crippen molar-refractivity contribution in [3.63, 3.8) is 0 Å². The van der Waals surface area contributed by atoms with Crippen molar-refractivity contribution in [3.8, 4) is 11.1 Å². The van der Waals surface area contributed by atoms with Crippen molar-refractivity contribution in [1.29, 1.82) is 0 Å². The van der Waals surface area contributed by atoms with Crippen LogP contribution in [-0.4, -0.2) is 27.1 Å². The SMILES string of the molecule is CS(=O)(=O)c1ccc(-c2[c]n(S(=O)(=O)c3ccccc3)c3cc(Cl)ccc23)cc1. The van der Waals surface area contributed by atoms with Gasteiger partial charge in [0.15, 0.2) is 9.84 Å². The van der Waals surface area contributed by atoms with Crippen molar-refractivity contribution in [2.75, 3.05) is 6.26 Å². The molecule has 0 saturated carbocycles. The first-order chi connectivity index (χ1) is 13.7. The molecule has 4 aromatic rings. The molecule has 147 valence electrons. The van der Waals surface area contributed by atoms with E-state index in [9.17, 15) is 16.8 Å².